The fraction of sp³-hybridized carbons (Fsp3) is 0.353. The molecule has 138 valence electrons. The maximum atomic E-state index is 12.5. The van der Waals surface area contributed by atoms with Gasteiger partial charge >= 0.3 is 6.09 Å². The lowest BCUT2D eigenvalue weighted by Gasteiger charge is -2.26. The summed E-state index contributed by atoms with van der Waals surface area (Å²) >= 11 is 1.34. The number of carbonyl (C=O) groups excluding carboxylic acids is 2. The normalized spacial score (nSPS) is 12.9. The van der Waals surface area contributed by atoms with Crippen LogP contribution in [0.1, 0.15) is 10.6 Å². The Kier molecular flexibility index (Phi) is 5.57. The molecule has 9 heteroatoms. The molecule has 0 fully saturated rings. The average Bonchev–Trinajstić information content (AvgIpc) is 3.07. The molecule has 8 nitrogen and oxygen atoms in total. The first-order valence-corrected chi connectivity index (χ1v) is 8.79. The van der Waals surface area contributed by atoms with Crippen LogP contribution in [0.5, 0.6) is 11.5 Å². The number of nitrogens with one attached hydrogen (secondary N) is 1. The molecule has 0 saturated carbocycles. The largest absolute Gasteiger partial charge is 0.493 e. The van der Waals surface area contributed by atoms with Gasteiger partial charge in [-0.2, -0.15) is 0 Å². The van der Waals surface area contributed by atoms with Crippen molar-refractivity contribution in [2.45, 2.75) is 13.0 Å². The minimum atomic E-state index is -0.561. The van der Waals surface area contributed by atoms with E-state index in [-0.39, 0.29) is 12.5 Å². The van der Waals surface area contributed by atoms with Crippen LogP contribution in [0.25, 0.3) is 0 Å². The van der Waals surface area contributed by atoms with Crippen LogP contribution in [0.15, 0.2) is 24.3 Å². The summed E-state index contributed by atoms with van der Waals surface area (Å²) in [5.41, 5.74) is 0.899. The van der Waals surface area contributed by atoms with E-state index in [1.165, 1.54) is 18.4 Å². The van der Waals surface area contributed by atoms with Crippen molar-refractivity contribution >= 4 is 28.5 Å². The van der Waals surface area contributed by atoms with Gasteiger partial charge in [-0.15, -0.1) is 0 Å². The fourth-order valence-electron chi connectivity index (χ4n) is 2.57. The van der Waals surface area contributed by atoms with Crippen molar-refractivity contribution in [2.24, 2.45) is 0 Å². The number of benzene rings is 1. The number of para-hydroxylation sites is 2. The molecule has 26 heavy (non-hydrogen) atoms. The Morgan fingerprint density at radius 3 is 2.77 bits per heavy atom. The highest BCUT2D eigenvalue weighted by atomic mass is 32.1. The number of amides is 2. The fourth-order valence-corrected chi connectivity index (χ4v) is 3.58. The van der Waals surface area contributed by atoms with Gasteiger partial charge in [0.25, 0.3) is 5.91 Å². The Morgan fingerprint density at radius 2 is 2.04 bits per heavy atom. The van der Waals surface area contributed by atoms with Gasteiger partial charge in [-0.1, -0.05) is 23.5 Å². The molecule has 2 amide bonds. The summed E-state index contributed by atoms with van der Waals surface area (Å²) in [7, 11) is 2.85. The Balaban J connectivity index is 1.59. The number of nitrogens with zero attached hydrogens (tertiary/aromatic N) is 2. The second-order valence-corrected chi connectivity index (χ2v) is 6.59. The summed E-state index contributed by atoms with van der Waals surface area (Å²) in [5, 5.41) is 3.03. The summed E-state index contributed by atoms with van der Waals surface area (Å²) in [6.45, 7) is 0.939. The zero-order valence-corrected chi connectivity index (χ0v) is 15.3. The van der Waals surface area contributed by atoms with Crippen LogP contribution in [-0.2, 0) is 22.5 Å². The predicted octanol–water partition coefficient (Wildman–Crippen LogP) is 2.29. The molecular formula is C17H19N3O5S. The Hall–Kier alpha value is -2.81. The number of anilines is 1. The number of hydrogen-bond acceptors (Lipinski definition) is 7. The van der Waals surface area contributed by atoms with E-state index in [4.69, 9.17) is 9.47 Å². The van der Waals surface area contributed by atoms with Gasteiger partial charge in [-0.25, -0.2) is 9.78 Å². The monoisotopic (exact) mass is 377 g/mol. The maximum absolute atomic E-state index is 12.5. The second-order valence-electron chi connectivity index (χ2n) is 5.51. The Bertz CT molecular complexity index is 807. The molecule has 1 aromatic heterocycles. The van der Waals surface area contributed by atoms with E-state index < -0.39 is 6.09 Å². The van der Waals surface area contributed by atoms with Gasteiger partial charge in [0, 0.05) is 17.8 Å². The highest BCUT2D eigenvalue weighted by Gasteiger charge is 2.25. The van der Waals surface area contributed by atoms with E-state index in [1.807, 2.05) is 12.1 Å². The molecule has 1 aromatic carbocycles. The van der Waals surface area contributed by atoms with Crippen LogP contribution >= 0.6 is 11.3 Å². The topological polar surface area (TPSA) is 90.0 Å². The summed E-state index contributed by atoms with van der Waals surface area (Å²) in [5.74, 6) is 1.00. The van der Waals surface area contributed by atoms with Crippen molar-refractivity contribution in [2.75, 3.05) is 32.7 Å². The number of aromatic nitrogens is 1. The van der Waals surface area contributed by atoms with E-state index in [9.17, 15) is 9.59 Å². The number of thiazole rings is 1. The Morgan fingerprint density at radius 1 is 1.27 bits per heavy atom. The second kappa shape index (κ2) is 8.05. The van der Waals surface area contributed by atoms with Crippen molar-refractivity contribution in [1.82, 2.24) is 9.88 Å². The van der Waals surface area contributed by atoms with Gasteiger partial charge < -0.3 is 19.1 Å². The van der Waals surface area contributed by atoms with Gasteiger partial charge in [0.1, 0.15) is 0 Å². The van der Waals surface area contributed by atoms with Crippen LogP contribution in [0, 0.1) is 0 Å². The van der Waals surface area contributed by atoms with Gasteiger partial charge in [-0.05, 0) is 12.1 Å². The number of hydrogen-bond donors (Lipinski definition) is 1. The molecule has 3 rings (SSSR count). The smallest absolute Gasteiger partial charge is 0.413 e. The van der Waals surface area contributed by atoms with Crippen molar-refractivity contribution < 1.29 is 23.8 Å². The first-order chi connectivity index (χ1) is 12.6. The van der Waals surface area contributed by atoms with E-state index in [1.54, 1.807) is 24.1 Å². The lowest BCUT2D eigenvalue weighted by molar-refractivity contribution is -0.134. The minimum absolute atomic E-state index is 0.0677. The van der Waals surface area contributed by atoms with Gasteiger partial charge in [-0.3, -0.25) is 10.1 Å². The Labute approximate surface area is 154 Å². The quantitative estimate of drug-likeness (QED) is 0.860. The van der Waals surface area contributed by atoms with Gasteiger partial charge in [0.15, 0.2) is 23.2 Å². The first-order valence-electron chi connectivity index (χ1n) is 7.98. The predicted molar refractivity (Wildman–Crippen MR) is 95.8 cm³/mol. The summed E-state index contributed by atoms with van der Waals surface area (Å²) in [4.78, 5) is 30.8. The van der Waals surface area contributed by atoms with Crippen molar-refractivity contribution in [3.63, 3.8) is 0 Å². The lowest BCUT2D eigenvalue weighted by atomic mass is 10.2. The SMILES string of the molecule is COC(=O)Nc1nc2c(s1)CN(C(=O)COc1ccccc1OC)CC2. The third-order valence-corrected chi connectivity index (χ3v) is 4.90. The summed E-state index contributed by atoms with van der Waals surface area (Å²) in [6, 6.07) is 7.20. The third-order valence-electron chi connectivity index (χ3n) is 3.90. The van der Waals surface area contributed by atoms with Crippen molar-refractivity contribution in [1.29, 1.82) is 0 Å². The number of rotatable bonds is 5. The number of ether oxygens (including phenoxy) is 3. The molecule has 1 aliphatic rings. The zero-order chi connectivity index (χ0) is 18.5. The van der Waals surface area contributed by atoms with Crippen LogP contribution in [-0.4, -0.2) is 49.3 Å². The van der Waals surface area contributed by atoms with E-state index in [2.05, 4.69) is 15.0 Å². The zero-order valence-electron chi connectivity index (χ0n) is 14.5. The molecule has 0 bridgehead atoms. The molecule has 2 heterocycles. The van der Waals surface area contributed by atoms with Gasteiger partial charge in [0.2, 0.25) is 0 Å². The molecule has 0 atom stereocenters. The van der Waals surface area contributed by atoms with E-state index >= 15 is 0 Å². The van der Waals surface area contributed by atoms with E-state index in [0.717, 1.165) is 10.6 Å². The minimum Gasteiger partial charge on any atom is -0.493 e. The lowest BCUT2D eigenvalue weighted by Crippen LogP contribution is -2.38. The highest BCUT2D eigenvalue weighted by Crippen LogP contribution is 2.29. The molecule has 0 unspecified atom stereocenters. The average molecular weight is 377 g/mol. The number of methoxy groups -OCH3 is 2. The molecule has 1 aliphatic heterocycles. The maximum Gasteiger partial charge on any atom is 0.413 e. The number of fused-ring (bicyclic) bond motifs is 1. The summed E-state index contributed by atoms with van der Waals surface area (Å²) < 4.78 is 15.4. The summed E-state index contributed by atoms with van der Waals surface area (Å²) in [6.07, 6.45) is 0.0731. The van der Waals surface area contributed by atoms with Crippen molar-refractivity contribution in [3.8, 4) is 11.5 Å². The van der Waals surface area contributed by atoms with Crippen LogP contribution in [0.4, 0.5) is 9.93 Å². The van der Waals surface area contributed by atoms with Crippen LogP contribution in [0.2, 0.25) is 0 Å². The van der Waals surface area contributed by atoms with Crippen LogP contribution in [0.3, 0.4) is 0 Å². The molecule has 0 aliphatic carbocycles. The molecule has 2 aromatic rings. The highest BCUT2D eigenvalue weighted by molar-refractivity contribution is 7.15. The third kappa shape index (κ3) is 4.05. The molecule has 1 N–H and O–H groups in total. The molecule has 0 spiro atoms. The van der Waals surface area contributed by atoms with Gasteiger partial charge in [0.05, 0.1) is 26.5 Å². The molecular weight excluding hydrogens is 358 g/mol. The standard InChI is InChI=1S/C17H19N3O5S/c1-23-12-5-3-4-6-13(12)25-10-15(21)20-8-7-11-14(9-20)26-16(18-11)19-17(22)24-2/h3-6H,7-10H2,1-2H3,(H,18,19,22). The molecule has 0 radical (unpaired) electrons. The van der Waals surface area contributed by atoms with E-state index in [0.29, 0.717) is 36.1 Å². The van der Waals surface area contributed by atoms with Crippen molar-refractivity contribution in [3.05, 3.63) is 34.8 Å². The number of carbonyl (C=O) groups is 2. The first kappa shape index (κ1) is 18.0. The molecule has 0 saturated heterocycles. The van der Waals surface area contributed by atoms with Crippen LogP contribution < -0.4 is 14.8 Å².